The molecular weight excluding hydrogens is 464 g/mol. The van der Waals surface area contributed by atoms with Crippen LogP contribution >= 0.6 is 0 Å². The number of carboxylic acid groups (broad SMARTS) is 4. The Morgan fingerprint density at radius 2 is 1.18 bits per heavy atom. The number of aliphatic hydroxyl groups excluding tert-OH is 1. The normalized spacial score (nSPS) is 15.0. The molecule has 16 heteroatoms. The topological polar surface area (TPSA) is 283 Å². The third-order valence-electron chi connectivity index (χ3n) is 4.34. The highest BCUT2D eigenvalue weighted by Gasteiger charge is 2.33. The van der Waals surface area contributed by atoms with Crippen molar-refractivity contribution in [3.8, 4) is 0 Å². The molecule has 5 unspecified atom stereocenters. The second-order valence-corrected chi connectivity index (χ2v) is 7.26. The van der Waals surface area contributed by atoms with Crippen molar-refractivity contribution in [3.63, 3.8) is 0 Å². The van der Waals surface area contributed by atoms with Crippen LogP contribution in [0, 0.1) is 0 Å². The van der Waals surface area contributed by atoms with Gasteiger partial charge >= 0.3 is 23.9 Å². The van der Waals surface area contributed by atoms with E-state index in [9.17, 15) is 38.7 Å². The maximum absolute atomic E-state index is 12.6. The van der Waals surface area contributed by atoms with Crippen LogP contribution in [-0.2, 0) is 33.6 Å². The van der Waals surface area contributed by atoms with E-state index < -0.39 is 104 Å². The van der Waals surface area contributed by atoms with Gasteiger partial charge in [0.2, 0.25) is 17.7 Å². The van der Waals surface area contributed by atoms with Gasteiger partial charge < -0.3 is 47.2 Å². The molecule has 34 heavy (non-hydrogen) atoms. The van der Waals surface area contributed by atoms with E-state index in [0.717, 1.165) is 6.92 Å². The number of amides is 3. The van der Waals surface area contributed by atoms with Crippen LogP contribution in [-0.4, -0.2) is 97.4 Å². The quantitative estimate of drug-likeness (QED) is 0.101. The first kappa shape index (κ1) is 30.2. The first-order valence-electron chi connectivity index (χ1n) is 9.88. The number of aliphatic carboxylic acids is 4. The summed E-state index contributed by atoms with van der Waals surface area (Å²) in [6, 6.07) is -6.59. The van der Waals surface area contributed by atoms with E-state index in [1.165, 1.54) is 0 Å². The zero-order chi connectivity index (χ0) is 26.6. The zero-order valence-corrected chi connectivity index (χ0v) is 18.1. The van der Waals surface area contributed by atoms with Crippen LogP contribution in [0.4, 0.5) is 0 Å². The number of carbonyl (C=O) groups excluding carboxylic acids is 3. The van der Waals surface area contributed by atoms with Gasteiger partial charge in [0.05, 0.1) is 18.6 Å². The molecule has 0 heterocycles. The molecule has 192 valence electrons. The maximum Gasteiger partial charge on any atom is 0.326 e. The van der Waals surface area contributed by atoms with Gasteiger partial charge in [0.25, 0.3) is 0 Å². The predicted molar refractivity (Wildman–Crippen MR) is 109 cm³/mol. The van der Waals surface area contributed by atoms with E-state index in [1.54, 1.807) is 0 Å². The second kappa shape index (κ2) is 14.4. The molecule has 0 saturated carbocycles. The molecular formula is C18H28N4O12. The molecule has 3 amide bonds. The van der Waals surface area contributed by atoms with Gasteiger partial charge in [-0.2, -0.15) is 0 Å². The lowest BCUT2D eigenvalue weighted by atomic mass is 10.1. The number of hydrogen-bond donors (Lipinski definition) is 9. The van der Waals surface area contributed by atoms with Crippen molar-refractivity contribution in [2.75, 3.05) is 0 Å². The number of carbonyl (C=O) groups is 7. The van der Waals surface area contributed by atoms with Crippen LogP contribution < -0.4 is 21.7 Å². The summed E-state index contributed by atoms with van der Waals surface area (Å²) in [5.74, 6) is -9.05. The van der Waals surface area contributed by atoms with Gasteiger partial charge in [-0.25, -0.2) is 4.79 Å². The van der Waals surface area contributed by atoms with Crippen LogP contribution in [0.1, 0.15) is 39.0 Å². The monoisotopic (exact) mass is 492 g/mol. The van der Waals surface area contributed by atoms with Crippen LogP contribution in [0.2, 0.25) is 0 Å². The number of carboxylic acids is 4. The molecule has 0 aromatic rings. The van der Waals surface area contributed by atoms with Crippen molar-refractivity contribution in [1.29, 1.82) is 0 Å². The second-order valence-electron chi connectivity index (χ2n) is 7.26. The molecule has 10 N–H and O–H groups in total. The van der Waals surface area contributed by atoms with E-state index in [2.05, 4.69) is 10.6 Å². The number of hydrogen-bond acceptors (Lipinski definition) is 9. The molecule has 5 atom stereocenters. The number of nitrogens with one attached hydrogen (secondary N) is 3. The van der Waals surface area contributed by atoms with Crippen LogP contribution in [0.5, 0.6) is 0 Å². The summed E-state index contributed by atoms with van der Waals surface area (Å²) in [5, 5.41) is 51.4. The van der Waals surface area contributed by atoms with Crippen molar-refractivity contribution in [2.45, 2.75) is 69.3 Å². The molecule has 0 aliphatic heterocycles. The van der Waals surface area contributed by atoms with Crippen molar-refractivity contribution >= 4 is 41.6 Å². The van der Waals surface area contributed by atoms with Gasteiger partial charge in [0.1, 0.15) is 18.1 Å². The summed E-state index contributed by atoms with van der Waals surface area (Å²) in [7, 11) is 0. The lowest BCUT2D eigenvalue weighted by molar-refractivity contribution is -0.144. The Morgan fingerprint density at radius 3 is 1.59 bits per heavy atom. The highest BCUT2D eigenvalue weighted by molar-refractivity contribution is 5.95. The zero-order valence-electron chi connectivity index (χ0n) is 18.1. The third kappa shape index (κ3) is 11.7. The third-order valence-corrected chi connectivity index (χ3v) is 4.34. The standard InChI is InChI=1S/C18H28N4O12/c1-7(23)14(17(32)21-10(18(33)34)3-5-12(26)27)22-16(31)9(2-4-11(24)25)20-15(30)8(19)6-13(28)29/h7-10,14,23H,2-6,19H2,1H3,(H,20,30)(H,21,32)(H,22,31)(H,24,25)(H,26,27)(H,28,29)(H,33,34). The Morgan fingerprint density at radius 1 is 0.706 bits per heavy atom. The largest absolute Gasteiger partial charge is 0.481 e. The molecule has 16 nitrogen and oxygen atoms in total. The van der Waals surface area contributed by atoms with Gasteiger partial charge in [-0.1, -0.05) is 0 Å². The number of nitrogens with two attached hydrogens (primary N) is 1. The Labute approximate surface area is 192 Å². The summed E-state index contributed by atoms with van der Waals surface area (Å²) in [6.07, 6.45) is -4.57. The molecule has 0 rings (SSSR count). The van der Waals surface area contributed by atoms with E-state index in [4.69, 9.17) is 26.2 Å². The first-order valence-corrected chi connectivity index (χ1v) is 9.88. The lowest BCUT2D eigenvalue weighted by Gasteiger charge is -2.26. The summed E-state index contributed by atoms with van der Waals surface area (Å²) in [5.41, 5.74) is 5.41. The van der Waals surface area contributed by atoms with Crippen LogP contribution in [0.25, 0.3) is 0 Å². The number of rotatable bonds is 16. The van der Waals surface area contributed by atoms with Crippen LogP contribution in [0.3, 0.4) is 0 Å². The smallest absolute Gasteiger partial charge is 0.326 e. The maximum atomic E-state index is 12.6. The molecule has 0 radical (unpaired) electrons. The molecule has 0 fully saturated rings. The minimum atomic E-state index is -1.77. The van der Waals surface area contributed by atoms with E-state index >= 15 is 0 Å². The molecule has 0 bridgehead atoms. The molecule has 0 aliphatic rings. The Balaban J connectivity index is 5.50. The summed E-state index contributed by atoms with van der Waals surface area (Å²) in [4.78, 5) is 80.7. The number of aliphatic hydroxyl groups is 1. The Hall–Kier alpha value is -3.79. The summed E-state index contributed by atoms with van der Waals surface area (Å²) >= 11 is 0. The Bertz CT molecular complexity index is 800. The molecule has 0 spiro atoms. The first-order chi connectivity index (χ1) is 15.6. The summed E-state index contributed by atoms with van der Waals surface area (Å²) < 4.78 is 0. The highest BCUT2D eigenvalue weighted by atomic mass is 16.4. The van der Waals surface area contributed by atoms with Gasteiger partial charge in [-0.05, 0) is 19.8 Å². The fourth-order valence-corrected chi connectivity index (χ4v) is 2.54. The van der Waals surface area contributed by atoms with Gasteiger partial charge in [0, 0.05) is 12.8 Å². The fraction of sp³-hybridized carbons (Fsp3) is 0.611. The van der Waals surface area contributed by atoms with Crippen LogP contribution in [0.15, 0.2) is 0 Å². The van der Waals surface area contributed by atoms with E-state index in [-0.39, 0.29) is 0 Å². The van der Waals surface area contributed by atoms with Crippen molar-refractivity contribution in [1.82, 2.24) is 16.0 Å². The highest BCUT2D eigenvalue weighted by Crippen LogP contribution is 2.05. The van der Waals surface area contributed by atoms with Crippen molar-refractivity contribution < 1.29 is 59.1 Å². The fourth-order valence-electron chi connectivity index (χ4n) is 2.54. The average Bonchev–Trinajstić information content (AvgIpc) is 2.70. The molecule has 0 saturated heterocycles. The molecule has 0 aliphatic carbocycles. The van der Waals surface area contributed by atoms with Gasteiger partial charge in [-0.15, -0.1) is 0 Å². The van der Waals surface area contributed by atoms with E-state index in [1.807, 2.05) is 5.32 Å². The van der Waals surface area contributed by atoms with Gasteiger partial charge in [0.15, 0.2) is 0 Å². The van der Waals surface area contributed by atoms with Gasteiger partial charge in [-0.3, -0.25) is 28.8 Å². The Kier molecular flexibility index (Phi) is 12.8. The van der Waals surface area contributed by atoms with Crippen molar-refractivity contribution in [3.05, 3.63) is 0 Å². The van der Waals surface area contributed by atoms with Crippen molar-refractivity contribution in [2.24, 2.45) is 5.73 Å². The minimum absolute atomic E-state index is 0.489. The average molecular weight is 492 g/mol. The minimum Gasteiger partial charge on any atom is -0.481 e. The molecule has 0 aromatic heterocycles. The van der Waals surface area contributed by atoms with E-state index in [0.29, 0.717) is 0 Å². The molecule has 0 aromatic carbocycles. The lowest BCUT2D eigenvalue weighted by Crippen LogP contribution is -2.60. The summed E-state index contributed by atoms with van der Waals surface area (Å²) in [6.45, 7) is 1.07. The SMILES string of the molecule is CC(O)C(NC(=O)C(CCC(=O)O)NC(=O)C(N)CC(=O)O)C(=O)NC(CCC(=O)O)C(=O)O. The predicted octanol–water partition coefficient (Wildman–Crippen LogP) is -3.56.